The molecule has 0 aliphatic carbocycles. The Morgan fingerprint density at radius 3 is 2.81 bits per heavy atom. The third-order valence-electron chi connectivity index (χ3n) is 3.91. The lowest BCUT2D eigenvalue weighted by atomic mass is 10.0. The second-order valence-electron chi connectivity index (χ2n) is 5.23. The van der Waals surface area contributed by atoms with Crippen LogP contribution in [0.1, 0.15) is 24.4 Å². The van der Waals surface area contributed by atoms with E-state index in [-0.39, 0.29) is 11.1 Å². The first kappa shape index (κ1) is 14.4. The van der Waals surface area contributed by atoms with Crippen molar-refractivity contribution < 1.29 is 14.3 Å². The largest absolute Gasteiger partial charge is 0.468 e. The van der Waals surface area contributed by atoms with Crippen molar-refractivity contribution in [2.45, 2.75) is 18.9 Å². The zero-order valence-corrected chi connectivity index (χ0v) is 12.7. The Kier molecular flexibility index (Phi) is 4.12. The minimum absolute atomic E-state index is 0.219. The topological polar surface area (TPSA) is 46.6 Å². The van der Waals surface area contributed by atoms with Crippen LogP contribution in [0.25, 0.3) is 0 Å². The standard InChI is InChI=1S/C16H17NO3S/c1-20-16(19)15(11-5-3-2-4-6-11)17-8-7-13-12(10-17)9-14(18)21-13/h2-6,15H,7-10H2,1H3/t15-/m0/s1. The molecule has 0 amide bonds. The Bertz CT molecular complexity index is 597. The maximum absolute atomic E-state index is 12.2. The van der Waals surface area contributed by atoms with Crippen molar-refractivity contribution in [3.8, 4) is 0 Å². The summed E-state index contributed by atoms with van der Waals surface area (Å²) in [5, 5.41) is 0.219. The number of esters is 1. The van der Waals surface area contributed by atoms with E-state index in [1.54, 1.807) is 0 Å². The second-order valence-corrected chi connectivity index (χ2v) is 6.39. The third kappa shape index (κ3) is 2.89. The summed E-state index contributed by atoms with van der Waals surface area (Å²) in [6.45, 7) is 1.44. The Balaban J connectivity index is 1.85. The van der Waals surface area contributed by atoms with Gasteiger partial charge in [0.05, 0.1) is 7.11 Å². The van der Waals surface area contributed by atoms with Crippen LogP contribution >= 0.6 is 11.8 Å². The lowest BCUT2D eigenvalue weighted by Crippen LogP contribution is -2.39. The first-order valence-electron chi connectivity index (χ1n) is 6.97. The number of rotatable bonds is 3. The van der Waals surface area contributed by atoms with Gasteiger partial charge in [0.25, 0.3) is 0 Å². The van der Waals surface area contributed by atoms with Crippen molar-refractivity contribution in [2.24, 2.45) is 0 Å². The molecule has 21 heavy (non-hydrogen) atoms. The van der Waals surface area contributed by atoms with Gasteiger partial charge >= 0.3 is 5.97 Å². The molecule has 0 N–H and O–H groups in total. The predicted octanol–water partition coefficient (Wildman–Crippen LogP) is 2.52. The first-order valence-corrected chi connectivity index (χ1v) is 7.79. The summed E-state index contributed by atoms with van der Waals surface area (Å²) in [6, 6.07) is 9.27. The number of nitrogens with zero attached hydrogens (tertiary/aromatic N) is 1. The van der Waals surface area contributed by atoms with Crippen molar-refractivity contribution in [3.05, 3.63) is 46.4 Å². The molecule has 0 spiro atoms. The highest BCUT2D eigenvalue weighted by molar-refractivity contribution is 8.17. The smallest absolute Gasteiger partial charge is 0.327 e. The van der Waals surface area contributed by atoms with Crippen LogP contribution < -0.4 is 0 Å². The van der Waals surface area contributed by atoms with Gasteiger partial charge in [-0.25, -0.2) is 4.79 Å². The zero-order valence-electron chi connectivity index (χ0n) is 11.9. The monoisotopic (exact) mass is 303 g/mol. The minimum atomic E-state index is -0.397. The summed E-state index contributed by atoms with van der Waals surface area (Å²) in [5.74, 6) is -0.248. The quantitative estimate of drug-likeness (QED) is 0.803. The molecule has 1 aromatic carbocycles. The molecular formula is C16H17NO3S. The van der Waals surface area contributed by atoms with Crippen LogP contribution in [0.4, 0.5) is 0 Å². The molecule has 0 saturated heterocycles. The van der Waals surface area contributed by atoms with Crippen LogP contribution in [0.3, 0.4) is 0 Å². The fourth-order valence-corrected chi connectivity index (χ4v) is 3.92. The SMILES string of the molecule is COC(=O)[C@H](c1ccccc1)N1CCC2=C(CC(=O)S2)C1. The van der Waals surface area contributed by atoms with E-state index in [0.29, 0.717) is 13.0 Å². The summed E-state index contributed by atoms with van der Waals surface area (Å²) < 4.78 is 4.98. The van der Waals surface area contributed by atoms with E-state index >= 15 is 0 Å². The molecular weight excluding hydrogens is 286 g/mol. The average molecular weight is 303 g/mol. The first-order chi connectivity index (χ1) is 10.2. The molecule has 2 aliphatic heterocycles. The summed E-state index contributed by atoms with van der Waals surface area (Å²) in [4.78, 5) is 27.1. The Morgan fingerprint density at radius 2 is 2.10 bits per heavy atom. The van der Waals surface area contributed by atoms with Crippen LogP contribution in [0.15, 0.2) is 40.8 Å². The molecule has 0 aromatic heterocycles. The van der Waals surface area contributed by atoms with Gasteiger partial charge in [-0.3, -0.25) is 9.69 Å². The van der Waals surface area contributed by atoms with Gasteiger partial charge < -0.3 is 4.74 Å². The highest BCUT2D eigenvalue weighted by Crippen LogP contribution is 2.40. The van der Waals surface area contributed by atoms with Gasteiger partial charge in [0, 0.05) is 19.5 Å². The van der Waals surface area contributed by atoms with Gasteiger partial charge in [-0.05, 0) is 22.5 Å². The minimum Gasteiger partial charge on any atom is -0.468 e. The molecule has 0 bridgehead atoms. The number of carbonyl (C=O) groups is 2. The Hall–Kier alpha value is -1.59. The summed E-state index contributed by atoms with van der Waals surface area (Å²) in [6.07, 6.45) is 1.35. The maximum Gasteiger partial charge on any atom is 0.327 e. The van der Waals surface area contributed by atoms with E-state index in [2.05, 4.69) is 4.90 Å². The van der Waals surface area contributed by atoms with E-state index in [4.69, 9.17) is 4.74 Å². The van der Waals surface area contributed by atoms with E-state index in [1.807, 2.05) is 30.3 Å². The van der Waals surface area contributed by atoms with Crippen molar-refractivity contribution in [2.75, 3.05) is 20.2 Å². The second kappa shape index (κ2) is 6.03. The molecule has 0 saturated carbocycles. The molecule has 4 nitrogen and oxygen atoms in total. The molecule has 2 heterocycles. The van der Waals surface area contributed by atoms with Gasteiger partial charge in [0.2, 0.25) is 0 Å². The van der Waals surface area contributed by atoms with Crippen LogP contribution in [-0.4, -0.2) is 36.2 Å². The van der Waals surface area contributed by atoms with Crippen LogP contribution in [-0.2, 0) is 14.3 Å². The number of methoxy groups -OCH3 is 1. The zero-order chi connectivity index (χ0) is 14.8. The molecule has 1 aromatic rings. The maximum atomic E-state index is 12.2. The van der Waals surface area contributed by atoms with E-state index < -0.39 is 6.04 Å². The van der Waals surface area contributed by atoms with Crippen molar-refractivity contribution in [1.29, 1.82) is 0 Å². The number of benzene rings is 1. The average Bonchev–Trinajstić information content (AvgIpc) is 2.88. The van der Waals surface area contributed by atoms with Gasteiger partial charge in [-0.15, -0.1) is 0 Å². The molecule has 110 valence electrons. The molecule has 1 atom stereocenters. The van der Waals surface area contributed by atoms with Crippen molar-refractivity contribution >= 4 is 22.8 Å². The van der Waals surface area contributed by atoms with Crippen LogP contribution in [0, 0.1) is 0 Å². The van der Waals surface area contributed by atoms with E-state index in [0.717, 1.165) is 18.5 Å². The van der Waals surface area contributed by atoms with Crippen LogP contribution in [0.5, 0.6) is 0 Å². The van der Waals surface area contributed by atoms with Crippen molar-refractivity contribution in [3.63, 3.8) is 0 Å². The molecule has 2 aliphatic rings. The lowest BCUT2D eigenvalue weighted by Gasteiger charge is -2.33. The van der Waals surface area contributed by atoms with Gasteiger partial charge in [0.15, 0.2) is 5.12 Å². The van der Waals surface area contributed by atoms with E-state index in [1.165, 1.54) is 29.3 Å². The molecule has 0 radical (unpaired) electrons. The highest BCUT2D eigenvalue weighted by Gasteiger charge is 2.35. The summed E-state index contributed by atoms with van der Waals surface area (Å²) in [5.41, 5.74) is 2.10. The molecule has 0 fully saturated rings. The highest BCUT2D eigenvalue weighted by atomic mass is 32.2. The number of carbonyl (C=O) groups excluding carboxylic acids is 2. The van der Waals surface area contributed by atoms with Gasteiger partial charge in [0.1, 0.15) is 6.04 Å². The molecule has 0 unspecified atom stereocenters. The normalized spacial score (nSPS) is 20.3. The summed E-state index contributed by atoms with van der Waals surface area (Å²) >= 11 is 1.37. The van der Waals surface area contributed by atoms with Crippen LogP contribution in [0.2, 0.25) is 0 Å². The predicted molar refractivity (Wildman–Crippen MR) is 81.6 cm³/mol. The molecule has 5 heteroatoms. The van der Waals surface area contributed by atoms with E-state index in [9.17, 15) is 9.59 Å². The van der Waals surface area contributed by atoms with Gasteiger partial charge in [-0.1, -0.05) is 42.1 Å². The van der Waals surface area contributed by atoms with Crippen molar-refractivity contribution in [1.82, 2.24) is 4.90 Å². The number of hydrogen-bond acceptors (Lipinski definition) is 5. The molecule has 3 rings (SSSR count). The number of thioether (sulfide) groups is 1. The lowest BCUT2D eigenvalue weighted by molar-refractivity contribution is -0.147. The number of ether oxygens (including phenoxy) is 1. The Labute approximate surface area is 128 Å². The number of hydrogen-bond donors (Lipinski definition) is 0. The Morgan fingerprint density at radius 1 is 1.33 bits per heavy atom. The summed E-state index contributed by atoms with van der Waals surface area (Å²) in [7, 11) is 1.42. The third-order valence-corrected chi connectivity index (χ3v) is 5.03. The fraction of sp³-hybridized carbons (Fsp3) is 0.375. The van der Waals surface area contributed by atoms with Gasteiger partial charge in [-0.2, -0.15) is 0 Å². The fourth-order valence-electron chi connectivity index (χ4n) is 2.92.